The van der Waals surface area contributed by atoms with Crippen molar-refractivity contribution in [1.82, 2.24) is 15.1 Å². The van der Waals surface area contributed by atoms with Crippen LogP contribution in [0.15, 0.2) is 12.4 Å². The molecule has 4 heteroatoms. The highest BCUT2D eigenvalue weighted by Gasteiger charge is 1.96. The highest BCUT2D eigenvalue weighted by atomic mass is 16.5. The molecule has 0 atom stereocenters. The molecule has 0 spiro atoms. The second-order valence-corrected chi connectivity index (χ2v) is 2.84. The fourth-order valence-electron chi connectivity index (χ4n) is 1.03. The van der Waals surface area contributed by atoms with E-state index in [9.17, 15) is 0 Å². The summed E-state index contributed by atoms with van der Waals surface area (Å²) in [4.78, 5) is 0. The van der Waals surface area contributed by atoms with Gasteiger partial charge in [-0.15, -0.1) is 0 Å². The van der Waals surface area contributed by atoms with Gasteiger partial charge in [0.1, 0.15) is 0 Å². The van der Waals surface area contributed by atoms with Crippen LogP contribution in [0.4, 0.5) is 0 Å². The van der Waals surface area contributed by atoms with Crippen molar-refractivity contribution in [1.29, 1.82) is 0 Å². The molecule has 4 nitrogen and oxygen atoms in total. The van der Waals surface area contributed by atoms with Crippen molar-refractivity contribution in [3.05, 3.63) is 12.4 Å². The maximum Gasteiger partial charge on any atom is 0.157 e. The molecule has 0 fully saturated rings. The third-order valence-corrected chi connectivity index (χ3v) is 1.77. The molecule has 1 rings (SSSR count). The zero-order valence-electron chi connectivity index (χ0n) is 8.29. The van der Waals surface area contributed by atoms with Gasteiger partial charge in [-0.05, 0) is 26.9 Å². The minimum absolute atomic E-state index is 0.746. The predicted octanol–water partition coefficient (Wildman–Crippen LogP) is 0.891. The number of aryl methyl sites for hydroxylation is 1. The zero-order chi connectivity index (χ0) is 9.52. The molecule has 13 heavy (non-hydrogen) atoms. The van der Waals surface area contributed by atoms with Crippen LogP contribution in [0.2, 0.25) is 0 Å². The second kappa shape index (κ2) is 5.59. The Morgan fingerprint density at radius 1 is 1.62 bits per heavy atom. The Kier molecular flexibility index (Phi) is 4.32. The molecule has 1 heterocycles. The van der Waals surface area contributed by atoms with Gasteiger partial charge in [0, 0.05) is 6.54 Å². The van der Waals surface area contributed by atoms with Crippen LogP contribution in [-0.4, -0.2) is 30.0 Å². The highest BCUT2D eigenvalue weighted by molar-refractivity contribution is 5.11. The monoisotopic (exact) mass is 183 g/mol. The van der Waals surface area contributed by atoms with Gasteiger partial charge in [0.05, 0.1) is 19.0 Å². The Morgan fingerprint density at radius 2 is 2.46 bits per heavy atom. The normalized spacial score (nSPS) is 10.3. The SMILES string of the molecule is CCn1cc(OCCCNC)cn1. The Balaban J connectivity index is 2.20. The van der Waals surface area contributed by atoms with E-state index in [2.05, 4.69) is 17.3 Å². The predicted molar refractivity (Wildman–Crippen MR) is 51.9 cm³/mol. The number of rotatable bonds is 6. The lowest BCUT2D eigenvalue weighted by Gasteiger charge is -2.01. The molecule has 0 unspecified atom stereocenters. The van der Waals surface area contributed by atoms with Gasteiger partial charge in [-0.3, -0.25) is 4.68 Å². The van der Waals surface area contributed by atoms with Crippen molar-refractivity contribution in [3.8, 4) is 5.75 Å². The molecule has 0 amide bonds. The fourth-order valence-corrected chi connectivity index (χ4v) is 1.03. The van der Waals surface area contributed by atoms with E-state index in [1.54, 1.807) is 6.20 Å². The van der Waals surface area contributed by atoms with E-state index in [4.69, 9.17) is 4.74 Å². The highest BCUT2D eigenvalue weighted by Crippen LogP contribution is 2.07. The van der Waals surface area contributed by atoms with Crippen LogP contribution in [0, 0.1) is 0 Å². The van der Waals surface area contributed by atoms with Gasteiger partial charge in [0.15, 0.2) is 5.75 Å². The lowest BCUT2D eigenvalue weighted by Crippen LogP contribution is -2.11. The van der Waals surface area contributed by atoms with E-state index < -0.39 is 0 Å². The first kappa shape index (κ1) is 10.1. The smallest absolute Gasteiger partial charge is 0.157 e. The lowest BCUT2D eigenvalue weighted by molar-refractivity contribution is 0.309. The molecule has 1 aromatic heterocycles. The Bertz CT molecular complexity index is 235. The van der Waals surface area contributed by atoms with Crippen molar-refractivity contribution >= 4 is 0 Å². The maximum absolute atomic E-state index is 5.47. The van der Waals surface area contributed by atoms with Gasteiger partial charge in [-0.1, -0.05) is 0 Å². The molecule has 0 radical (unpaired) electrons. The van der Waals surface area contributed by atoms with Gasteiger partial charge in [0.25, 0.3) is 0 Å². The Hall–Kier alpha value is -1.03. The van der Waals surface area contributed by atoms with E-state index in [-0.39, 0.29) is 0 Å². The van der Waals surface area contributed by atoms with Gasteiger partial charge in [-0.2, -0.15) is 5.10 Å². The number of hydrogen-bond donors (Lipinski definition) is 1. The molecule has 0 bridgehead atoms. The molecule has 1 N–H and O–H groups in total. The van der Waals surface area contributed by atoms with Gasteiger partial charge in [0.2, 0.25) is 0 Å². The summed E-state index contributed by atoms with van der Waals surface area (Å²) in [6, 6.07) is 0. The molecule has 0 aromatic carbocycles. The summed E-state index contributed by atoms with van der Waals surface area (Å²) in [6.45, 7) is 4.68. The standard InChI is InChI=1S/C9H17N3O/c1-3-12-8-9(7-11-12)13-6-4-5-10-2/h7-8,10H,3-6H2,1-2H3. The first-order valence-electron chi connectivity index (χ1n) is 4.66. The molecule has 74 valence electrons. The van der Waals surface area contributed by atoms with Crippen LogP contribution < -0.4 is 10.1 Å². The molecule has 0 saturated heterocycles. The van der Waals surface area contributed by atoms with Crippen molar-refractivity contribution in [2.24, 2.45) is 0 Å². The Labute approximate surface area is 78.9 Å². The van der Waals surface area contributed by atoms with Crippen molar-refractivity contribution < 1.29 is 4.74 Å². The molecular weight excluding hydrogens is 166 g/mol. The minimum atomic E-state index is 0.746. The number of aromatic nitrogens is 2. The summed E-state index contributed by atoms with van der Waals surface area (Å²) in [7, 11) is 1.94. The fraction of sp³-hybridized carbons (Fsp3) is 0.667. The Morgan fingerprint density at radius 3 is 3.08 bits per heavy atom. The molecule has 0 aliphatic rings. The third-order valence-electron chi connectivity index (χ3n) is 1.77. The third kappa shape index (κ3) is 3.46. The molecule has 1 aromatic rings. The van der Waals surface area contributed by atoms with Crippen LogP contribution in [0.25, 0.3) is 0 Å². The largest absolute Gasteiger partial charge is 0.490 e. The number of nitrogens with zero attached hydrogens (tertiary/aromatic N) is 2. The average molecular weight is 183 g/mol. The van der Waals surface area contributed by atoms with Crippen molar-refractivity contribution in [3.63, 3.8) is 0 Å². The number of ether oxygens (including phenoxy) is 1. The minimum Gasteiger partial charge on any atom is -0.490 e. The number of hydrogen-bond acceptors (Lipinski definition) is 3. The molecule has 0 saturated carbocycles. The summed E-state index contributed by atoms with van der Waals surface area (Å²) in [6.07, 6.45) is 4.69. The van der Waals surface area contributed by atoms with Gasteiger partial charge in [-0.25, -0.2) is 0 Å². The first-order chi connectivity index (χ1) is 6.36. The quantitative estimate of drug-likeness (QED) is 0.666. The van der Waals surface area contributed by atoms with Crippen LogP contribution in [-0.2, 0) is 6.54 Å². The van der Waals surface area contributed by atoms with Crippen molar-refractivity contribution in [2.75, 3.05) is 20.2 Å². The van der Waals surface area contributed by atoms with E-state index >= 15 is 0 Å². The van der Waals surface area contributed by atoms with E-state index in [1.165, 1.54) is 0 Å². The summed E-state index contributed by atoms with van der Waals surface area (Å²) < 4.78 is 7.32. The molecule has 0 aliphatic heterocycles. The average Bonchev–Trinajstić information content (AvgIpc) is 2.60. The summed E-state index contributed by atoms with van der Waals surface area (Å²) in [5, 5.41) is 7.18. The van der Waals surface area contributed by atoms with Crippen molar-refractivity contribution in [2.45, 2.75) is 19.9 Å². The molecule has 0 aliphatic carbocycles. The summed E-state index contributed by atoms with van der Waals surface area (Å²) in [5.74, 6) is 0.859. The summed E-state index contributed by atoms with van der Waals surface area (Å²) in [5.41, 5.74) is 0. The maximum atomic E-state index is 5.47. The van der Waals surface area contributed by atoms with Crippen LogP contribution >= 0.6 is 0 Å². The number of nitrogens with one attached hydrogen (secondary N) is 1. The second-order valence-electron chi connectivity index (χ2n) is 2.84. The zero-order valence-corrected chi connectivity index (χ0v) is 8.29. The van der Waals surface area contributed by atoms with Gasteiger partial charge >= 0.3 is 0 Å². The summed E-state index contributed by atoms with van der Waals surface area (Å²) >= 11 is 0. The van der Waals surface area contributed by atoms with Crippen LogP contribution in [0.1, 0.15) is 13.3 Å². The van der Waals surface area contributed by atoms with E-state index in [0.717, 1.165) is 31.9 Å². The van der Waals surface area contributed by atoms with Crippen LogP contribution in [0.5, 0.6) is 5.75 Å². The van der Waals surface area contributed by atoms with E-state index in [0.29, 0.717) is 0 Å². The van der Waals surface area contributed by atoms with E-state index in [1.807, 2.05) is 17.9 Å². The first-order valence-corrected chi connectivity index (χ1v) is 4.66. The van der Waals surface area contributed by atoms with Gasteiger partial charge < -0.3 is 10.1 Å². The van der Waals surface area contributed by atoms with Crippen LogP contribution in [0.3, 0.4) is 0 Å². The lowest BCUT2D eigenvalue weighted by atomic mass is 10.4. The topological polar surface area (TPSA) is 39.1 Å². The molecular formula is C9H17N3O.